The van der Waals surface area contributed by atoms with E-state index < -0.39 is 0 Å². The van der Waals surface area contributed by atoms with Crippen molar-refractivity contribution in [1.82, 2.24) is 5.32 Å². The summed E-state index contributed by atoms with van der Waals surface area (Å²) in [7, 11) is 1.69. The molecule has 98 valence electrons. The van der Waals surface area contributed by atoms with Gasteiger partial charge >= 0.3 is 0 Å². The maximum atomic E-state index is 6.28. The van der Waals surface area contributed by atoms with Gasteiger partial charge in [0.15, 0.2) is 0 Å². The summed E-state index contributed by atoms with van der Waals surface area (Å²) in [6, 6.07) is 7.23. The lowest BCUT2D eigenvalue weighted by molar-refractivity contribution is 0.415. The Bertz CT molecular complexity index is 434. The van der Waals surface area contributed by atoms with Crippen molar-refractivity contribution in [2.24, 2.45) is 0 Å². The molecule has 3 rings (SSSR count). The van der Waals surface area contributed by atoms with E-state index in [0.717, 1.165) is 35.6 Å². The number of anilines is 1. The molecule has 0 aromatic heterocycles. The van der Waals surface area contributed by atoms with Gasteiger partial charge in [-0.05, 0) is 31.4 Å². The fourth-order valence-electron chi connectivity index (χ4n) is 2.56. The quantitative estimate of drug-likeness (QED) is 0.907. The van der Waals surface area contributed by atoms with Crippen molar-refractivity contribution in [2.75, 3.05) is 25.1 Å². The second-order valence-electron chi connectivity index (χ2n) is 5.19. The number of rotatable bonds is 4. The summed E-state index contributed by atoms with van der Waals surface area (Å²) in [6.07, 6.45) is 3.89. The van der Waals surface area contributed by atoms with E-state index in [9.17, 15) is 0 Å². The lowest BCUT2D eigenvalue weighted by Gasteiger charge is -2.21. The third kappa shape index (κ3) is 2.57. The Morgan fingerprint density at radius 3 is 2.83 bits per heavy atom. The molecule has 18 heavy (non-hydrogen) atoms. The van der Waals surface area contributed by atoms with Gasteiger partial charge in [0.05, 0.1) is 17.8 Å². The van der Waals surface area contributed by atoms with Gasteiger partial charge in [0.1, 0.15) is 5.75 Å². The smallest absolute Gasteiger partial charge is 0.121 e. The molecule has 2 fully saturated rings. The molecule has 0 spiro atoms. The number of halogens is 1. The highest BCUT2D eigenvalue weighted by atomic mass is 35.5. The minimum atomic E-state index is 0.611. The van der Waals surface area contributed by atoms with E-state index in [2.05, 4.69) is 10.2 Å². The number of nitrogens with one attached hydrogen (secondary N) is 1. The highest BCUT2D eigenvalue weighted by molar-refractivity contribution is 6.33. The molecule has 0 amide bonds. The van der Waals surface area contributed by atoms with Crippen molar-refractivity contribution >= 4 is 17.3 Å². The fraction of sp³-hybridized carbons (Fsp3) is 0.571. The van der Waals surface area contributed by atoms with Crippen molar-refractivity contribution in [2.45, 2.75) is 31.3 Å². The van der Waals surface area contributed by atoms with Crippen molar-refractivity contribution in [3.8, 4) is 5.75 Å². The SMILES string of the molecule is COc1ccc(Cl)c(N2CCC(NC3CC3)C2)c1. The molecule has 1 N–H and O–H groups in total. The van der Waals surface area contributed by atoms with E-state index in [0.29, 0.717) is 6.04 Å². The average Bonchev–Trinajstić information content (AvgIpc) is 3.07. The highest BCUT2D eigenvalue weighted by Gasteiger charge is 2.29. The van der Waals surface area contributed by atoms with Gasteiger partial charge in [-0.25, -0.2) is 0 Å². The van der Waals surface area contributed by atoms with Crippen molar-refractivity contribution < 1.29 is 4.74 Å². The van der Waals surface area contributed by atoms with Crippen LogP contribution >= 0.6 is 11.6 Å². The largest absolute Gasteiger partial charge is 0.497 e. The van der Waals surface area contributed by atoms with Gasteiger partial charge in [-0.3, -0.25) is 0 Å². The number of ether oxygens (including phenoxy) is 1. The van der Waals surface area contributed by atoms with Gasteiger partial charge in [-0.15, -0.1) is 0 Å². The standard InChI is InChI=1S/C14H19ClN2O/c1-18-12-4-5-13(15)14(8-12)17-7-6-11(9-17)16-10-2-3-10/h4-5,8,10-11,16H,2-3,6-7,9H2,1H3. The van der Waals surface area contributed by atoms with Crippen LogP contribution in [0.4, 0.5) is 5.69 Å². The molecule has 1 aromatic rings. The van der Waals surface area contributed by atoms with Gasteiger partial charge < -0.3 is 15.0 Å². The Morgan fingerprint density at radius 2 is 2.11 bits per heavy atom. The minimum Gasteiger partial charge on any atom is -0.497 e. The highest BCUT2D eigenvalue weighted by Crippen LogP contribution is 2.32. The van der Waals surface area contributed by atoms with Gasteiger partial charge in [0, 0.05) is 31.2 Å². The van der Waals surface area contributed by atoms with Crippen molar-refractivity contribution in [1.29, 1.82) is 0 Å². The van der Waals surface area contributed by atoms with E-state index >= 15 is 0 Å². The minimum absolute atomic E-state index is 0.611. The monoisotopic (exact) mass is 266 g/mol. The molecule has 4 heteroatoms. The third-order valence-corrected chi connectivity index (χ3v) is 4.05. The zero-order chi connectivity index (χ0) is 12.5. The summed E-state index contributed by atoms with van der Waals surface area (Å²) >= 11 is 6.28. The molecule has 2 aliphatic rings. The van der Waals surface area contributed by atoms with E-state index in [4.69, 9.17) is 16.3 Å². The van der Waals surface area contributed by atoms with Gasteiger partial charge in [0.2, 0.25) is 0 Å². The predicted octanol–water partition coefficient (Wildman–Crippen LogP) is 2.68. The Kier molecular flexibility index (Phi) is 3.35. The van der Waals surface area contributed by atoms with Crippen molar-refractivity contribution in [3.05, 3.63) is 23.2 Å². The van der Waals surface area contributed by atoms with Crippen LogP contribution in [-0.2, 0) is 0 Å². The molecular formula is C14H19ClN2O. The van der Waals surface area contributed by atoms with Gasteiger partial charge in [0.25, 0.3) is 0 Å². The Balaban J connectivity index is 1.70. The van der Waals surface area contributed by atoms with Crippen LogP contribution in [0.3, 0.4) is 0 Å². The first-order valence-electron chi connectivity index (χ1n) is 6.61. The van der Waals surface area contributed by atoms with Crippen LogP contribution in [0.1, 0.15) is 19.3 Å². The number of hydrogen-bond acceptors (Lipinski definition) is 3. The summed E-state index contributed by atoms with van der Waals surface area (Å²) in [6.45, 7) is 2.11. The van der Waals surface area contributed by atoms with Crippen LogP contribution in [-0.4, -0.2) is 32.3 Å². The Morgan fingerprint density at radius 1 is 1.28 bits per heavy atom. The summed E-state index contributed by atoms with van der Waals surface area (Å²) in [5.74, 6) is 0.869. The molecule has 1 heterocycles. The molecular weight excluding hydrogens is 248 g/mol. The first-order chi connectivity index (χ1) is 8.76. The average molecular weight is 267 g/mol. The first-order valence-corrected chi connectivity index (χ1v) is 6.98. The molecule has 0 bridgehead atoms. The molecule has 1 aliphatic heterocycles. The normalized spacial score (nSPS) is 23.4. The van der Waals surface area contributed by atoms with E-state index in [1.54, 1.807) is 7.11 Å². The van der Waals surface area contributed by atoms with Crippen LogP contribution in [0.5, 0.6) is 5.75 Å². The maximum Gasteiger partial charge on any atom is 0.121 e. The third-order valence-electron chi connectivity index (χ3n) is 3.73. The molecule has 1 unspecified atom stereocenters. The second-order valence-corrected chi connectivity index (χ2v) is 5.60. The first kappa shape index (κ1) is 12.1. The molecule has 1 aliphatic carbocycles. The van der Waals surface area contributed by atoms with E-state index in [1.807, 2.05) is 18.2 Å². The number of methoxy groups -OCH3 is 1. The lowest BCUT2D eigenvalue weighted by atomic mass is 10.2. The molecule has 0 radical (unpaired) electrons. The molecule has 1 atom stereocenters. The zero-order valence-electron chi connectivity index (χ0n) is 10.7. The van der Waals surface area contributed by atoms with Crippen LogP contribution in [0.2, 0.25) is 5.02 Å². The number of hydrogen-bond donors (Lipinski definition) is 1. The van der Waals surface area contributed by atoms with Crippen LogP contribution in [0.25, 0.3) is 0 Å². The number of benzene rings is 1. The topological polar surface area (TPSA) is 24.5 Å². The Labute approximate surface area is 113 Å². The van der Waals surface area contributed by atoms with Gasteiger partial charge in [-0.1, -0.05) is 11.6 Å². The lowest BCUT2D eigenvalue weighted by Crippen LogP contribution is -2.34. The van der Waals surface area contributed by atoms with Crippen LogP contribution < -0.4 is 15.0 Å². The van der Waals surface area contributed by atoms with E-state index in [-0.39, 0.29) is 0 Å². The molecule has 3 nitrogen and oxygen atoms in total. The Hall–Kier alpha value is -0.930. The van der Waals surface area contributed by atoms with Crippen LogP contribution in [0, 0.1) is 0 Å². The fourth-order valence-corrected chi connectivity index (χ4v) is 2.80. The van der Waals surface area contributed by atoms with Crippen molar-refractivity contribution in [3.63, 3.8) is 0 Å². The van der Waals surface area contributed by atoms with Gasteiger partial charge in [-0.2, -0.15) is 0 Å². The maximum absolute atomic E-state index is 6.28. The summed E-state index contributed by atoms with van der Waals surface area (Å²) in [4.78, 5) is 2.35. The summed E-state index contributed by atoms with van der Waals surface area (Å²) in [5, 5.41) is 4.49. The van der Waals surface area contributed by atoms with Crippen LogP contribution in [0.15, 0.2) is 18.2 Å². The number of nitrogens with zero attached hydrogens (tertiary/aromatic N) is 1. The second kappa shape index (κ2) is 4.98. The molecule has 1 aromatic carbocycles. The zero-order valence-corrected chi connectivity index (χ0v) is 11.4. The molecule has 1 saturated heterocycles. The predicted molar refractivity (Wildman–Crippen MR) is 74.8 cm³/mol. The summed E-state index contributed by atoms with van der Waals surface area (Å²) < 4.78 is 5.27. The van der Waals surface area contributed by atoms with E-state index in [1.165, 1.54) is 19.3 Å². The molecule has 1 saturated carbocycles. The summed E-state index contributed by atoms with van der Waals surface area (Å²) in [5.41, 5.74) is 1.09.